The Labute approximate surface area is 126 Å². The van der Waals surface area contributed by atoms with Crippen LogP contribution in [0.5, 0.6) is 5.75 Å². The highest BCUT2D eigenvalue weighted by Gasteiger charge is 2.20. The van der Waals surface area contributed by atoms with Gasteiger partial charge >= 0.3 is 0 Å². The number of carbonyl (C=O) groups is 1. The average molecular weight is 288 g/mol. The summed E-state index contributed by atoms with van der Waals surface area (Å²) in [6.45, 7) is 10.7. The Morgan fingerprint density at radius 3 is 3.14 bits per heavy atom. The minimum atomic E-state index is 0.0668. The molecule has 4 nitrogen and oxygen atoms in total. The molecule has 0 radical (unpaired) electrons. The zero-order chi connectivity index (χ0) is 15.2. The molecule has 1 amide bonds. The molecular weight excluding hydrogens is 264 g/mol. The van der Waals surface area contributed by atoms with Crippen LogP contribution in [0.3, 0.4) is 0 Å². The Kier molecular flexibility index (Phi) is 5.39. The third-order valence-electron chi connectivity index (χ3n) is 3.55. The monoisotopic (exact) mass is 288 g/mol. The van der Waals surface area contributed by atoms with E-state index in [9.17, 15) is 4.79 Å². The molecule has 1 heterocycles. The van der Waals surface area contributed by atoms with Crippen molar-refractivity contribution < 1.29 is 9.53 Å². The number of benzene rings is 1. The van der Waals surface area contributed by atoms with Crippen LogP contribution in [0.2, 0.25) is 0 Å². The fraction of sp³-hybridized carbons (Fsp3) is 0.471. The van der Waals surface area contributed by atoms with Gasteiger partial charge in [0.05, 0.1) is 0 Å². The number of amides is 1. The summed E-state index contributed by atoms with van der Waals surface area (Å²) in [5, 5.41) is 2.81. The summed E-state index contributed by atoms with van der Waals surface area (Å²) in [6, 6.07) is 6.28. The zero-order valence-corrected chi connectivity index (χ0v) is 12.9. The van der Waals surface area contributed by atoms with Crippen molar-refractivity contribution in [3.05, 3.63) is 42.0 Å². The van der Waals surface area contributed by atoms with E-state index in [2.05, 4.69) is 42.8 Å². The largest absolute Gasteiger partial charge is 0.489 e. The van der Waals surface area contributed by atoms with Crippen LogP contribution >= 0.6 is 0 Å². The fourth-order valence-corrected chi connectivity index (χ4v) is 2.57. The van der Waals surface area contributed by atoms with Crippen molar-refractivity contribution in [1.82, 2.24) is 10.2 Å². The van der Waals surface area contributed by atoms with Crippen LogP contribution in [-0.4, -0.2) is 36.5 Å². The molecule has 0 saturated heterocycles. The first kappa shape index (κ1) is 15.6. The second kappa shape index (κ2) is 7.27. The second-order valence-corrected chi connectivity index (χ2v) is 5.62. The molecule has 0 saturated carbocycles. The lowest BCUT2D eigenvalue weighted by atomic mass is 10.1. The number of aryl methyl sites for hydroxylation is 1. The lowest BCUT2D eigenvalue weighted by Crippen LogP contribution is -2.34. The molecule has 1 aliphatic heterocycles. The summed E-state index contributed by atoms with van der Waals surface area (Å²) in [6.07, 6.45) is 2.32. The maximum Gasteiger partial charge on any atom is 0.221 e. The summed E-state index contributed by atoms with van der Waals surface area (Å²) in [5.41, 5.74) is 2.43. The predicted molar refractivity (Wildman–Crippen MR) is 84.4 cm³/mol. The van der Waals surface area contributed by atoms with Gasteiger partial charge in [-0.05, 0) is 19.9 Å². The molecule has 1 N–H and O–H groups in total. The Hall–Kier alpha value is -1.81. The lowest BCUT2D eigenvalue weighted by Gasteiger charge is -2.21. The first-order chi connectivity index (χ1) is 10.1. The van der Waals surface area contributed by atoms with E-state index >= 15 is 0 Å². The smallest absolute Gasteiger partial charge is 0.221 e. The van der Waals surface area contributed by atoms with E-state index in [-0.39, 0.29) is 12.0 Å². The quantitative estimate of drug-likeness (QED) is 0.845. The van der Waals surface area contributed by atoms with Gasteiger partial charge in [0, 0.05) is 38.2 Å². The van der Waals surface area contributed by atoms with E-state index < -0.39 is 0 Å². The number of nitrogens with one attached hydrogen (secondary N) is 1. The average Bonchev–Trinajstić information content (AvgIpc) is 2.60. The number of rotatable bonds is 5. The highest BCUT2D eigenvalue weighted by Crippen LogP contribution is 2.26. The van der Waals surface area contributed by atoms with Crippen LogP contribution in [0.25, 0.3) is 0 Å². The van der Waals surface area contributed by atoms with Gasteiger partial charge in [0.2, 0.25) is 5.91 Å². The van der Waals surface area contributed by atoms with Gasteiger partial charge in [-0.1, -0.05) is 23.8 Å². The van der Waals surface area contributed by atoms with E-state index in [1.807, 2.05) is 6.07 Å². The number of hydrogen-bond donors (Lipinski definition) is 1. The molecule has 0 bridgehead atoms. The summed E-state index contributed by atoms with van der Waals surface area (Å²) >= 11 is 0. The molecule has 114 valence electrons. The van der Waals surface area contributed by atoms with Crippen molar-refractivity contribution in [3.8, 4) is 5.75 Å². The first-order valence-corrected chi connectivity index (χ1v) is 7.44. The standard InChI is InChI=1S/C17H24N2O2/c1-4-8-18-17(20)7-9-19-11-14(3)21-16-6-5-13(2)10-15(16)12-19/h4-6,10,14H,1,7-9,11-12H2,2-3H3,(H,18,20). The molecule has 21 heavy (non-hydrogen) atoms. The molecular formula is C17H24N2O2. The van der Waals surface area contributed by atoms with Crippen LogP contribution in [0.4, 0.5) is 0 Å². The first-order valence-electron chi connectivity index (χ1n) is 7.44. The molecule has 1 atom stereocenters. The zero-order valence-electron chi connectivity index (χ0n) is 12.9. The molecule has 0 aliphatic carbocycles. The van der Waals surface area contributed by atoms with Gasteiger partial charge in [0.1, 0.15) is 11.9 Å². The topological polar surface area (TPSA) is 41.6 Å². The van der Waals surface area contributed by atoms with Gasteiger partial charge in [-0.15, -0.1) is 6.58 Å². The molecule has 1 unspecified atom stereocenters. The summed E-state index contributed by atoms with van der Waals surface area (Å²) < 4.78 is 5.96. The maximum absolute atomic E-state index is 11.7. The number of fused-ring (bicyclic) bond motifs is 1. The van der Waals surface area contributed by atoms with Crippen LogP contribution in [0.15, 0.2) is 30.9 Å². The van der Waals surface area contributed by atoms with Crippen molar-refractivity contribution in [2.45, 2.75) is 32.9 Å². The fourth-order valence-electron chi connectivity index (χ4n) is 2.57. The number of nitrogens with zero attached hydrogens (tertiary/aromatic N) is 1. The Morgan fingerprint density at radius 2 is 2.38 bits per heavy atom. The minimum absolute atomic E-state index is 0.0668. The molecule has 1 aliphatic rings. The van der Waals surface area contributed by atoms with Crippen molar-refractivity contribution in [2.24, 2.45) is 0 Å². The van der Waals surface area contributed by atoms with Crippen molar-refractivity contribution in [3.63, 3.8) is 0 Å². The Morgan fingerprint density at radius 1 is 1.57 bits per heavy atom. The van der Waals surface area contributed by atoms with Crippen LogP contribution in [-0.2, 0) is 11.3 Å². The van der Waals surface area contributed by atoms with Crippen molar-refractivity contribution >= 4 is 5.91 Å². The lowest BCUT2D eigenvalue weighted by molar-refractivity contribution is -0.121. The summed E-state index contributed by atoms with van der Waals surface area (Å²) in [7, 11) is 0. The summed E-state index contributed by atoms with van der Waals surface area (Å²) in [5.74, 6) is 1.03. The molecule has 0 fully saturated rings. The predicted octanol–water partition coefficient (Wildman–Crippen LogP) is 2.27. The summed E-state index contributed by atoms with van der Waals surface area (Å²) in [4.78, 5) is 14.0. The van der Waals surface area contributed by atoms with Gasteiger partial charge in [-0.2, -0.15) is 0 Å². The Balaban J connectivity index is 1.97. The van der Waals surface area contributed by atoms with E-state index in [1.165, 1.54) is 11.1 Å². The Bertz CT molecular complexity index is 514. The van der Waals surface area contributed by atoms with Gasteiger partial charge < -0.3 is 10.1 Å². The van der Waals surface area contributed by atoms with E-state index in [0.717, 1.165) is 25.4 Å². The SMILES string of the molecule is C=CCNC(=O)CCN1Cc2cc(C)ccc2OC(C)C1. The number of ether oxygens (including phenoxy) is 1. The minimum Gasteiger partial charge on any atom is -0.489 e. The molecule has 2 rings (SSSR count). The van der Waals surface area contributed by atoms with Crippen LogP contribution in [0, 0.1) is 6.92 Å². The van der Waals surface area contributed by atoms with E-state index in [4.69, 9.17) is 4.74 Å². The maximum atomic E-state index is 11.7. The van der Waals surface area contributed by atoms with E-state index in [0.29, 0.717) is 13.0 Å². The van der Waals surface area contributed by atoms with Gasteiger partial charge in [0.25, 0.3) is 0 Å². The van der Waals surface area contributed by atoms with Crippen molar-refractivity contribution in [2.75, 3.05) is 19.6 Å². The number of hydrogen-bond acceptors (Lipinski definition) is 3. The number of carbonyl (C=O) groups excluding carboxylic acids is 1. The molecule has 1 aromatic carbocycles. The van der Waals surface area contributed by atoms with E-state index in [1.54, 1.807) is 6.08 Å². The molecule has 0 spiro atoms. The van der Waals surface area contributed by atoms with Gasteiger partial charge in [0.15, 0.2) is 0 Å². The highest BCUT2D eigenvalue weighted by molar-refractivity contribution is 5.76. The molecule has 0 aromatic heterocycles. The molecule has 1 aromatic rings. The normalized spacial score (nSPS) is 18.3. The van der Waals surface area contributed by atoms with Gasteiger partial charge in [-0.25, -0.2) is 0 Å². The third kappa shape index (κ3) is 4.60. The van der Waals surface area contributed by atoms with Gasteiger partial charge in [-0.3, -0.25) is 9.69 Å². The second-order valence-electron chi connectivity index (χ2n) is 5.62. The van der Waals surface area contributed by atoms with Crippen LogP contribution in [0.1, 0.15) is 24.5 Å². The van der Waals surface area contributed by atoms with Crippen LogP contribution < -0.4 is 10.1 Å². The highest BCUT2D eigenvalue weighted by atomic mass is 16.5. The van der Waals surface area contributed by atoms with Crippen molar-refractivity contribution in [1.29, 1.82) is 0 Å². The molecule has 4 heteroatoms. The third-order valence-corrected chi connectivity index (χ3v) is 3.55.